The molecule has 0 amide bonds. The first-order valence-electron chi connectivity index (χ1n) is 24.5. The number of fused-ring (bicyclic) bond motifs is 8. The summed E-state index contributed by atoms with van der Waals surface area (Å²) in [7, 11) is -2.71. The van der Waals surface area contributed by atoms with E-state index in [1.807, 2.05) is 0 Å². The summed E-state index contributed by atoms with van der Waals surface area (Å²) in [5.41, 5.74) is 18.3. The van der Waals surface area contributed by atoms with Gasteiger partial charge in [0.05, 0.1) is 0 Å². The molecule has 0 nitrogen and oxygen atoms in total. The van der Waals surface area contributed by atoms with Gasteiger partial charge in [-0.25, -0.2) is 0 Å². The van der Waals surface area contributed by atoms with Gasteiger partial charge in [-0.3, -0.25) is 0 Å². The van der Waals surface area contributed by atoms with Gasteiger partial charge < -0.3 is 0 Å². The first-order valence-corrected chi connectivity index (χ1v) is 26.5. The van der Waals surface area contributed by atoms with Crippen LogP contribution >= 0.6 is 0 Å². The molecule has 0 N–H and O–H groups in total. The van der Waals surface area contributed by atoms with Gasteiger partial charge in [-0.2, -0.15) is 0 Å². The quantitative estimate of drug-likeness (QED) is 0.0849. The molecule has 0 heterocycles. The van der Waals surface area contributed by atoms with E-state index in [-0.39, 0.29) is 10.8 Å². The fourth-order valence-electron chi connectivity index (χ4n) is 12.7. The Morgan fingerprint density at radius 3 is 1.12 bits per heavy atom. The molecule has 0 fully saturated rings. The van der Waals surface area contributed by atoms with Crippen LogP contribution < -0.4 is 20.7 Å². The molecule has 11 aromatic rings. The average molecular weight is 897 g/mol. The van der Waals surface area contributed by atoms with Crippen LogP contribution in [0, 0.1) is 0 Å². The first kappa shape index (κ1) is 41.4. The van der Waals surface area contributed by atoms with Crippen molar-refractivity contribution < 1.29 is 0 Å². The predicted molar refractivity (Wildman–Crippen MR) is 297 cm³/mol. The van der Waals surface area contributed by atoms with Crippen molar-refractivity contribution in [3.8, 4) is 55.6 Å². The monoisotopic (exact) mass is 896 g/mol. The van der Waals surface area contributed by atoms with Crippen LogP contribution in [0.25, 0.3) is 77.2 Å². The van der Waals surface area contributed by atoms with E-state index < -0.39 is 8.07 Å². The number of rotatable bonds is 7. The summed E-state index contributed by atoms with van der Waals surface area (Å²) in [6.45, 7) is 9.54. The first-order chi connectivity index (χ1) is 33.7. The standard InChI is InChI=1S/C68H52Si/c1-67(2)61-30-18-16-26-53(61)55-39-34-47(43-63(55)67)46-35-41-59-60(42-46)66(48-36-40-56-54-27-17-19-31-62(54)68(3,4)64(56)44-48)58-29-15-14-28-57(58)65(59)45-32-37-52(38-33-45)69(49-20-8-5-9-21-49,50-22-10-6-11-23-50)51-24-12-7-13-25-51/h5-44H,1-4H3. The normalized spacial score (nSPS) is 14.0. The van der Waals surface area contributed by atoms with Crippen molar-refractivity contribution >= 4 is 50.4 Å². The van der Waals surface area contributed by atoms with Gasteiger partial charge in [0.25, 0.3) is 0 Å². The van der Waals surface area contributed by atoms with Gasteiger partial charge in [-0.05, 0) is 138 Å². The molecule has 0 saturated heterocycles. The van der Waals surface area contributed by atoms with Crippen LogP contribution in [0.5, 0.6) is 0 Å². The van der Waals surface area contributed by atoms with Crippen LogP contribution in [-0.4, -0.2) is 8.07 Å². The van der Waals surface area contributed by atoms with Crippen molar-refractivity contribution in [2.75, 3.05) is 0 Å². The van der Waals surface area contributed by atoms with Crippen molar-refractivity contribution in [2.24, 2.45) is 0 Å². The van der Waals surface area contributed by atoms with E-state index in [9.17, 15) is 0 Å². The molecule has 69 heavy (non-hydrogen) atoms. The largest absolute Gasteiger partial charge is 0.179 e. The van der Waals surface area contributed by atoms with Crippen molar-refractivity contribution in [1.29, 1.82) is 0 Å². The van der Waals surface area contributed by atoms with Gasteiger partial charge in [-0.1, -0.05) is 252 Å². The summed E-state index contributed by atoms with van der Waals surface area (Å²) in [6.07, 6.45) is 0. The lowest BCUT2D eigenvalue weighted by atomic mass is 9.80. The smallest absolute Gasteiger partial charge is 0.0623 e. The number of benzene rings is 11. The third-order valence-electron chi connectivity index (χ3n) is 16.0. The minimum Gasteiger partial charge on any atom is -0.0623 e. The maximum atomic E-state index is 2.51. The van der Waals surface area contributed by atoms with Gasteiger partial charge in [0.2, 0.25) is 0 Å². The van der Waals surface area contributed by atoms with Crippen molar-refractivity contribution in [1.82, 2.24) is 0 Å². The average Bonchev–Trinajstić information content (AvgIpc) is 3.78. The Kier molecular flexibility index (Phi) is 9.35. The molecule has 0 spiro atoms. The molecule has 328 valence electrons. The van der Waals surface area contributed by atoms with Gasteiger partial charge in [0.1, 0.15) is 0 Å². The van der Waals surface area contributed by atoms with Gasteiger partial charge >= 0.3 is 0 Å². The maximum Gasteiger partial charge on any atom is 0.179 e. The van der Waals surface area contributed by atoms with Gasteiger partial charge in [-0.15, -0.1) is 0 Å². The summed E-state index contributed by atoms with van der Waals surface area (Å²) in [6, 6.07) is 92.2. The Hall–Kier alpha value is -7.84. The predicted octanol–water partition coefficient (Wildman–Crippen LogP) is 15.0. The zero-order valence-corrected chi connectivity index (χ0v) is 40.6. The Morgan fingerprint density at radius 1 is 0.246 bits per heavy atom. The molecule has 0 aliphatic heterocycles. The summed E-state index contributed by atoms with van der Waals surface area (Å²) in [5, 5.41) is 10.6. The van der Waals surface area contributed by atoms with Crippen LogP contribution in [0.4, 0.5) is 0 Å². The second-order valence-electron chi connectivity index (χ2n) is 20.3. The van der Waals surface area contributed by atoms with Crippen LogP contribution in [0.15, 0.2) is 243 Å². The highest BCUT2D eigenvalue weighted by Crippen LogP contribution is 2.53. The van der Waals surface area contributed by atoms with E-state index in [1.54, 1.807) is 0 Å². The Balaban J connectivity index is 1.05. The fraction of sp³-hybridized carbons (Fsp3) is 0.0882. The van der Waals surface area contributed by atoms with Gasteiger partial charge in [0.15, 0.2) is 8.07 Å². The molecule has 2 aliphatic carbocycles. The van der Waals surface area contributed by atoms with Crippen LogP contribution in [-0.2, 0) is 10.8 Å². The molecule has 2 aliphatic rings. The highest BCUT2D eigenvalue weighted by Gasteiger charge is 2.42. The molecule has 0 atom stereocenters. The molecule has 13 rings (SSSR count). The molecular formula is C68H52Si. The van der Waals surface area contributed by atoms with E-state index in [0.29, 0.717) is 0 Å². The molecule has 1 heteroatoms. The topological polar surface area (TPSA) is 0 Å². The summed E-state index contributed by atoms with van der Waals surface area (Å²) in [5.74, 6) is 0. The molecule has 0 bridgehead atoms. The third kappa shape index (κ3) is 6.13. The third-order valence-corrected chi connectivity index (χ3v) is 20.8. The van der Waals surface area contributed by atoms with Crippen LogP contribution in [0.2, 0.25) is 0 Å². The summed E-state index contributed by atoms with van der Waals surface area (Å²) in [4.78, 5) is 0. The second-order valence-corrected chi connectivity index (χ2v) is 24.2. The minimum absolute atomic E-state index is 0.0870. The van der Waals surface area contributed by atoms with Gasteiger partial charge in [0, 0.05) is 10.8 Å². The lowest BCUT2D eigenvalue weighted by Gasteiger charge is -2.34. The molecular weight excluding hydrogens is 845 g/mol. The molecule has 0 aromatic heterocycles. The fourth-order valence-corrected chi connectivity index (χ4v) is 17.4. The summed E-state index contributed by atoms with van der Waals surface area (Å²) >= 11 is 0. The van der Waals surface area contributed by atoms with Crippen molar-refractivity contribution in [3.63, 3.8) is 0 Å². The minimum atomic E-state index is -2.71. The lowest BCUT2D eigenvalue weighted by Crippen LogP contribution is -2.74. The lowest BCUT2D eigenvalue weighted by molar-refractivity contribution is 0.660. The highest BCUT2D eigenvalue weighted by atomic mass is 28.3. The zero-order chi connectivity index (χ0) is 46.5. The molecule has 0 saturated carbocycles. The number of hydrogen-bond acceptors (Lipinski definition) is 0. The van der Waals surface area contributed by atoms with E-state index in [2.05, 4.69) is 270 Å². The highest BCUT2D eigenvalue weighted by molar-refractivity contribution is 7.19. The Bertz CT molecular complexity index is 3710. The second kappa shape index (κ2) is 15.6. The van der Waals surface area contributed by atoms with E-state index in [0.717, 1.165) is 0 Å². The zero-order valence-electron chi connectivity index (χ0n) is 39.6. The Morgan fingerprint density at radius 2 is 0.594 bits per heavy atom. The van der Waals surface area contributed by atoms with E-state index >= 15 is 0 Å². The molecule has 0 unspecified atom stereocenters. The van der Waals surface area contributed by atoms with Crippen molar-refractivity contribution in [3.05, 3.63) is 265 Å². The number of hydrogen-bond donors (Lipinski definition) is 0. The van der Waals surface area contributed by atoms with Crippen LogP contribution in [0.3, 0.4) is 0 Å². The summed E-state index contributed by atoms with van der Waals surface area (Å²) < 4.78 is 0. The van der Waals surface area contributed by atoms with Crippen LogP contribution in [0.1, 0.15) is 49.9 Å². The van der Waals surface area contributed by atoms with Crippen molar-refractivity contribution in [2.45, 2.75) is 38.5 Å². The molecule has 0 radical (unpaired) electrons. The molecule has 11 aromatic carbocycles. The Labute approximate surface area is 407 Å². The SMILES string of the molecule is CC1(C)c2ccccc2-c2ccc(-c3ccc4c(-c5ccc([Si](c6ccccc6)(c6ccccc6)c6ccccc6)cc5)c5ccccc5c(-c5ccc6c(c5)C(C)(C)c5ccccc5-6)c4c3)cc21. The maximum absolute atomic E-state index is 2.71. The van der Waals surface area contributed by atoms with E-state index in [1.165, 1.54) is 120 Å². The van der Waals surface area contributed by atoms with E-state index in [4.69, 9.17) is 0 Å².